The number of para-hydroxylation sites is 1. The number of benzene rings is 1. The second kappa shape index (κ2) is 4.38. The van der Waals surface area contributed by atoms with Crippen LogP contribution in [0.15, 0.2) is 36.5 Å². The SMILES string of the molecule is NCC(O)Cc1ccnc2ccccc12. The molecule has 0 aliphatic rings. The third-order valence-corrected chi connectivity index (χ3v) is 2.47. The van der Waals surface area contributed by atoms with Crippen molar-refractivity contribution in [3.05, 3.63) is 42.1 Å². The summed E-state index contributed by atoms with van der Waals surface area (Å²) < 4.78 is 0. The van der Waals surface area contributed by atoms with Crippen molar-refractivity contribution in [3.63, 3.8) is 0 Å². The molecular formula is C12H14N2O. The molecule has 0 amide bonds. The maximum absolute atomic E-state index is 9.53. The molecule has 0 aliphatic carbocycles. The first-order valence-corrected chi connectivity index (χ1v) is 5.02. The van der Waals surface area contributed by atoms with E-state index in [4.69, 9.17) is 5.73 Å². The average Bonchev–Trinajstić information content (AvgIpc) is 2.29. The summed E-state index contributed by atoms with van der Waals surface area (Å²) in [6.07, 6.45) is 1.87. The van der Waals surface area contributed by atoms with Gasteiger partial charge in [-0.1, -0.05) is 18.2 Å². The van der Waals surface area contributed by atoms with Gasteiger partial charge >= 0.3 is 0 Å². The topological polar surface area (TPSA) is 59.1 Å². The molecule has 2 rings (SSSR count). The number of rotatable bonds is 3. The van der Waals surface area contributed by atoms with E-state index in [0.717, 1.165) is 16.5 Å². The van der Waals surface area contributed by atoms with Gasteiger partial charge in [-0.25, -0.2) is 0 Å². The normalized spacial score (nSPS) is 12.9. The number of fused-ring (bicyclic) bond motifs is 1. The van der Waals surface area contributed by atoms with Crippen LogP contribution in [0.1, 0.15) is 5.56 Å². The van der Waals surface area contributed by atoms with Crippen LogP contribution in [0.5, 0.6) is 0 Å². The van der Waals surface area contributed by atoms with E-state index in [2.05, 4.69) is 4.98 Å². The highest BCUT2D eigenvalue weighted by molar-refractivity contribution is 5.81. The summed E-state index contributed by atoms with van der Waals surface area (Å²) in [5.41, 5.74) is 7.45. The summed E-state index contributed by atoms with van der Waals surface area (Å²) in [6, 6.07) is 9.84. The molecule has 0 spiro atoms. The van der Waals surface area contributed by atoms with Gasteiger partial charge in [0.25, 0.3) is 0 Å². The monoisotopic (exact) mass is 202 g/mol. The molecule has 1 unspecified atom stereocenters. The minimum atomic E-state index is -0.476. The van der Waals surface area contributed by atoms with Gasteiger partial charge in [0.2, 0.25) is 0 Å². The Balaban J connectivity index is 2.42. The van der Waals surface area contributed by atoms with E-state index in [1.807, 2.05) is 30.3 Å². The first-order chi connectivity index (χ1) is 7.31. The molecule has 0 saturated carbocycles. The molecule has 0 aliphatic heterocycles. The second-order valence-corrected chi connectivity index (χ2v) is 3.58. The number of nitrogens with zero attached hydrogens (tertiary/aromatic N) is 1. The van der Waals surface area contributed by atoms with Crippen LogP contribution in [0.2, 0.25) is 0 Å². The van der Waals surface area contributed by atoms with Gasteiger partial charge in [0.15, 0.2) is 0 Å². The van der Waals surface area contributed by atoms with Crippen LogP contribution >= 0.6 is 0 Å². The third kappa shape index (κ3) is 2.14. The summed E-state index contributed by atoms with van der Waals surface area (Å²) in [4.78, 5) is 4.26. The maximum atomic E-state index is 9.53. The zero-order valence-electron chi connectivity index (χ0n) is 8.43. The standard InChI is InChI=1S/C12H14N2O/c13-8-10(15)7-9-5-6-14-12-4-2-1-3-11(9)12/h1-6,10,15H,7-8,13H2. The summed E-state index contributed by atoms with van der Waals surface area (Å²) in [5, 5.41) is 10.6. The van der Waals surface area contributed by atoms with Crippen LogP contribution in [0, 0.1) is 0 Å². The fourth-order valence-electron chi connectivity index (χ4n) is 1.67. The Hall–Kier alpha value is -1.45. The van der Waals surface area contributed by atoms with Crippen molar-refractivity contribution in [2.75, 3.05) is 6.54 Å². The molecule has 3 heteroatoms. The zero-order valence-corrected chi connectivity index (χ0v) is 8.43. The van der Waals surface area contributed by atoms with E-state index in [1.54, 1.807) is 6.20 Å². The maximum Gasteiger partial charge on any atom is 0.0704 e. The number of aliphatic hydroxyl groups is 1. The molecule has 0 bridgehead atoms. The van der Waals surface area contributed by atoms with Gasteiger partial charge in [0.05, 0.1) is 11.6 Å². The van der Waals surface area contributed by atoms with Crippen LogP contribution in [-0.2, 0) is 6.42 Å². The van der Waals surface area contributed by atoms with Crippen LogP contribution < -0.4 is 5.73 Å². The molecule has 0 fully saturated rings. The van der Waals surface area contributed by atoms with Crippen molar-refractivity contribution < 1.29 is 5.11 Å². The number of nitrogens with two attached hydrogens (primary N) is 1. The minimum Gasteiger partial charge on any atom is -0.391 e. The molecule has 78 valence electrons. The van der Waals surface area contributed by atoms with Crippen molar-refractivity contribution in [3.8, 4) is 0 Å². The molecule has 0 saturated heterocycles. The summed E-state index contributed by atoms with van der Waals surface area (Å²) >= 11 is 0. The Kier molecular flexibility index (Phi) is 2.94. The smallest absolute Gasteiger partial charge is 0.0704 e. The Bertz CT molecular complexity index is 451. The van der Waals surface area contributed by atoms with E-state index in [9.17, 15) is 5.11 Å². The number of hydrogen-bond acceptors (Lipinski definition) is 3. The van der Waals surface area contributed by atoms with E-state index in [0.29, 0.717) is 6.42 Å². The lowest BCUT2D eigenvalue weighted by atomic mass is 10.0. The summed E-state index contributed by atoms with van der Waals surface area (Å²) in [5.74, 6) is 0. The van der Waals surface area contributed by atoms with Gasteiger partial charge < -0.3 is 10.8 Å². The van der Waals surface area contributed by atoms with Crippen molar-refractivity contribution in [1.29, 1.82) is 0 Å². The first kappa shape index (κ1) is 10.1. The Morgan fingerprint density at radius 3 is 2.87 bits per heavy atom. The predicted molar refractivity (Wildman–Crippen MR) is 60.5 cm³/mol. The molecule has 1 atom stereocenters. The Morgan fingerprint density at radius 1 is 1.27 bits per heavy atom. The number of hydrogen-bond donors (Lipinski definition) is 2. The second-order valence-electron chi connectivity index (χ2n) is 3.58. The van der Waals surface area contributed by atoms with E-state index in [-0.39, 0.29) is 6.54 Å². The van der Waals surface area contributed by atoms with Crippen LogP contribution in [0.25, 0.3) is 10.9 Å². The first-order valence-electron chi connectivity index (χ1n) is 5.02. The summed E-state index contributed by atoms with van der Waals surface area (Å²) in [6.45, 7) is 0.288. The zero-order chi connectivity index (χ0) is 10.7. The Labute approximate surface area is 88.6 Å². The fourth-order valence-corrected chi connectivity index (χ4v) is 1.67. The predicted octanol–water partition coefficient (Wildman–Crippen LogP) is 1.10. The quantitative estimate of drug-likeness (QED) is 0.783. The molecule has 1 aromatic carbocycles. The highest BCUT2D eigenvalue weighted by Gasteiger charge is 2.06. The van der Waals surface area contributed by atoms with Gasteiger partial charge in [-0.15, -0.1) is 0 Å². The molecule has 2 aromatic rings. The molecule has 3 N–H and O–H groups in total. The lowest BCUT2D eigenvalue weighted by Crippen LogP contribution is -2.22. The lowest BCUT2D eigenvalue weighted by molar-refractivity contribution is 0.184. The molecule has 15 heavy (non-hydrogen) atoms. The molecule has 1 heterocycles. The van der Waals surface area contributed by atoms with E-state index < -0.39 is 6.10 Å². The van der Waals surface area contributed by atoms with Crippen molar-refractivity contribution in [2.45, 2.75) is 12.5 Å². The number of aromatic nitrogens is 1. The number of pyridine rings is 1. The lowest BCUT2D eigenvalue weighted by Gasteiger charge is -2.09. The fraction of sp³-hybridized carbons (Fsp3) is 0.250. The highest BCUT2D eigenvalue weighted by Crippen LogP contribution is 2.17. The molecular weight excluding hydrogens is 188 g/mol. The van der Waals surface area contributed by atoms with Crippen molar-refractivity contribution >= 4 is 10.9 Å². The van der Waals surface area contributed by atoms with E-state index >= 15 is 0 Å². The van der Waals surface area contributed by atoms with Gasteiger partial charge in [0, 0.05) is 24.5 Å². The van der Waals surface area contributed by atoms with Gasteiger partial charge in [-0.05, 0) is 17.7 Å². The minimum absolute atomic E-state index is 0.288. The molecule has 1 aromatic heterocycles. The van der Waals surface area contributed by atoms with Gasteiger partial charge in [0.1, 0.15) is 0 Å². The highest BCUT2D eigenvalue weighted by atomic mass is 16.3. The van der Waals surface area contributed by atoms with Crippen LogP contribution in [-0.4, -0.2) is 22.7 Å². The van der Waals surface area contributed by atoms with E-state index in [1.165, 1.54) is 0 Å². The summed E-state index contributed by atoms with van der Waals surface area (Å²) in [7, 11) is 0. The average molecular weight is 202 g/mol. The molecule has 0 radical (unpaired) electrons. The van der Waals surface area contributed by atoms with Crippen molar-refractivity contribution in [1.82, 2.24) is 4.98 Å². The largest absolute Gasteiger partial charge is 0.391 e. The Morgan fingerprint density at radius 2 is 2.07 bits per heavy atom. The van der Waals surface area contributed by atoms with Crippen LogP contribution in [0.3, 0.4) is 0 Å². The van der Waals surface area contributed by atoms with Gasteiger partial charge in [-0.3, -0.25) is 4.98 Å². The third-order valence-electron chi connectivity index (χ3n) is 2.47. The van der Waals surface area contributed by atoms with Gasteiger partial charge in [-0.2, -0.15) is 0 Å². The van der Waals surface area contributed by atoms with Crippen molar-refractivity contribution in [2.24, 2.45) is 5.73 Å². The number of aliphatic hydroxyl groups excluding tert-OH is 1. The van der Waals surface area contributed by atoms with Crippen LogP contribution in [0.4, 0.5) is 0 Å². The molecule has 3 nitrogen and oxygen atoms in total.